The van der Waals surface area contributed by atoms with Gasteiger partial charge in [0.2, 0.25) is 5.91 Å². The first-order valence-electron chi connectivity index (χ1n) is 6.43. The maximum absolute atomic E-state index is 11.9. The average molecular weight is 261 g/mol. The first kappa shape index (κ1) is 13.1. The number of nitrogens with zero attached hydrogens (tertiary/aromatic N) is 1. The van der Waals surface area contributed by atoms with E-state index in [0.717, 1.165) is 19.5 Å². The van der Waals surface area contributed by atoms with E-state index in [0.29, 0.717) is 42.9 Å². The fraction of sp³-hybridized carbons (Fsp3) is 0.917. The molecule has 3 fully saturated rings. The number of rotatable bonds is 3. The van der Waals surface area contributed by atoms with E-state index >= 15 is 0 Å². The Labute approximate surface area is 108 Å². The number of carbonyl (C=O) groups excluding carboxylic acids is 1. The predicted molar refractivity (Wildman–Crippen MR) is 67.0 cm³/mol. The molecule has 4 nitrogen and oxygen atoms in total. The zero-order valence-corrected chi connectivity index (χ0v) is 10.8. The Morgan fingerprint density at radius 3 is 2.35 bits per heavy atom. The van der Waals surface area contributed by atoms with E-state index in [-0.39, 0.29) is 12.4 Å². The van der Waals surface area contributed by atoms with Gasteiger partial charge in [0, 0.05) is 31.3 Å². The lowest BCUT2D eigenvalue weighted by Gasteiger charge is -2.18. The second kappa shape index (κ2) is 5.12. The van der Waals surface area contributed by atoms with Crippen molar-refractivity contribution in [2.75, 3.05) is 19.6 Å². The van der Waals surface area contributed by atoms with E-state index in [4.69, 9.17) is 10.5 Å². The van der Waals surface area contributed by atoms with Gasteiger partial charge in [-0.15, -0.1) is 12.4 Å². The van der Waals surface area contributed by atoms with Crippen LogP contribution in [-0.4, -0.2) is 42.6 Å². The van der Waals surface area contributed by atoms with Gasteiger partial charge in [-0.2, -0.15) is 0 Å². The van der Waals surface area contributed by atoms with Gasteiger partial charge < -0.3 is 15.4 Å². The molecule has 0 aromatic rings. The van der Waals surface area contributed by atoms with Gasteiger partial charge >= 0.3 is 0 Å². The zero-order valence-electron chi connectivity index (χ0n) is 10.0. The van der Waals surface area contributed by atoms with Crippen molar-refractivity contribution >= 4 is 18.3 Å². The van der Waals surface area contributed by atoms with Crippen molar-refractivity contribution in [3.8, 4) is 0 Å². The van der Waals surface area contributed by atoms with Crippen LogP contribution in [0.2, 0.25) is 0 Å². The molecular weight excluding hydrogens is 240 g/mol. The maximum atomic E-state index is 11.9. The van der Waals surface area contributed by atoms with Gasteiger partial charge in [0.15, 0.2) is 0 Å². The van der Waals surface area contributed by atoms with Crippen molar-refractivity contribution in [1.82, 2.24) is 4.90 Å². The number of ether oxygens (including phenoxy) is 1. The van der Waals surface area contributed by atoms with Gasteiger partial charge in [0.1, 0.15) is 0 Å². The molecule has 3 heterocycles. The highest BCUT2D eigenvalue weighted by molar-refractivity contribution is 5.85. The summed E-state index contributed by atoms with van der Waals surface area (Å²) in [5.41, 5.74) is 5.43. The Hall–Kier alpha value is -0.320. The minimum absolute atomic E-state index is 0. The number of amides is 1. The quantitative estimate of drug-likeness (QED) is 0.816. The number of carbonyl (C=O) groups is 1. The molecule has 98 valence electrons. The Morgan fingerprint density at radius 1 is 1.24 bits per heavy atom. The molecule has 2 N–H and O–H groups in total. The number of fused-ring (bicyclic) bond motifs is 5. The lowest BCUT2D eigenvalue weighted by Crippen LogP contribution is -2.31. The van der Waals surface area contributed by atoms with Crippen LogP contribution in [0.3, 0.4) is 0 Å². The smallest absolute Gasteiger partial charge is 0.222 e. The molecule has 0 spiro atoms. The minimum atomic E-state index is 0. The summed E-state index contributed by atoms with van der Waals surface area (Å²) in [5.74, 6) is 1.54. The van der Waals surface area contributed by atoms with Crippen LogP contribution >= 0.6 is 12.4 Å². The summed E-state index contributed by atoms with van der Waals surface area (Å²) in [5, 5.41) is 0. The van der Waals surface area contributed by atoms with Crippen molar-refractivity contribution in [3.05, 3.63) is 0 Å². The third-order valence-corrected chi connectivity index (χ3v) is 4.40. The van der Waals surface area contributed by atoms with Gasteiger partial charge in [-0.3, -0.25) is 4.79 Å². The highest BCUT2D eigenvalue weighted by atomic mass is 35.5. The number of nitrogens with two attached hydrogens (primary N) is 1. The number of halogens is 1. The number of likely N-dealkylation sites (tertiary alicyclic amines) is 1. The van der Waals surface area contributed by atoms with Crippen molar-refractivity contribution in [2.24, 2.45) is 17.6 Å². The van der Waals surface area contributed by atoms with Crippen LogP contribution in [0.25, 0.3) is 0 Å². The first-order chi connectivity index (χ1) is 7.79. The molecule has 0 aliphatic carbocycles. The van der Waals surface area contributed by atoms with Crippen LogP contribution in [0.5, 0.6) is 0 Å². The molecule has 0 aromatic carbocycles. The fourth-order valence-electron chi connectivity index (χ4n) is 3.57. The van der Waals surface area contributed by atoms with E-state index in [9.17, 15) is 4.79 Å². The molecule has 4 atom stereocenters. The van der Waals surface area contributed by atoms with Crippen LogP contribution in [0.15, 0.2) is 0 Å². The molecule has 2 bridgehead atoms. The molecule has 3 aliphatic rings. The average Bonchev–Trinajstić information content (AvgIpc) is 2.95. The van der Waals surface area contributed by atoms with Crippen LogP contribution in [0.4, 0.5) is 0 Å². The maximum Gasteiger partial charge on any atom is 0.222 e. The summed E-state index contributed by atoms with van der Waals surface area (Å²) in [6.07, 6.45) is 4.73. The molecule has 4 unspecified atom stereocenters. The first-order valence-corrected chi connectivity index (χ1v) is 6.43. The minimum Gasteiger partial charge on any atom is -0.374 e. The second-order valence-corrected chi connectivity index (χ2v) is 5.31. The van der Waals surface area contributed by atoms with Crippen LogP contribution in [0, 0.1) is 11.8 Å². The van der Waals surface area contributed by atoms with Gasteiger partial charge in [-0.05, 0) is 25.8 Å². The molecule has 0 saturated carbocycles. The number of hydrogen-bond acceptors (Lipinski definition) is 3. The molecule has 17 heavy (non-hydrogen) atoms. The standard InChI is InChI=1S/C12H20N2O2.ClH/c13-5-1-2-12(15)14-6-8-9(7-14)11-4-3-10(8)16-11;/h8-11H,1-7,13H2;1H. The molecule has 0 radical (unpaired) electrons. The van der Waals surface area contributed by atoms with E-state index in [2.05, 4.69) is 0 Å². The summed E-state index contributed by atoms with van der Waals surface area (Å²) in [7, 11) is 0. The van der Waals surface area contributed by atoms with Gasteiger partial charge in [0.05, 0.1) is 12.2 Å². The number of hydrogen-bond donors (Lipinski definition) is 1. The highest BCUT2D eigenvalue weighted by Gasteiger charge is 2.53. The van der Waals surface area contributed by atoms with E-state index in [1.807, 2.05) is 4.90 Å². The van der Waals surface area contributed by atoms with Crippen molar-refractivity contribution in [1.29, 1.82) is 0 Å². The topological polar surface area (TPSA) is 55.6 Å². The van der Waals surface area contributed by atoms with Crippen molar-refractivity contribution in [2.45, 2.75) is 37.9 Å². The monoisotopic (exact) mass is 260 g/mol. The third kappa shape index (κ3) is 2.18. The lowest BCUT2D eigenvalue weighted by atomic mass is 9.82. The summed E-state index contributed by atoms with van der Waals surface area (Å²) < 4.78 is 5.89. The largest absolute Gasteiger partial charge is 0.374 e. The summed E-state index contributed by atoms with van der Waals surface area (Å²) >= 11 is 0. The lowest BCUT2D eigenvalue weighted by molar-refractivity contribution is -0.131. The molecule has 5 heteroatoms. The molecular formula is C12H21ClN2O2. The van der Waals surface area contributed by atoms with Crippen molar-refractivity contribution < 1.29 is 9.53 Å². The van der Waals surface area contributed by atoms with Crippen molar-refractivity contribution in [3.63, 3.8) is 0 Å². The molecule has 0 aromatic heterocycles. The summed E-state index contributed by atoms with van der Waals surface area (Å²) in [6.45, 7) is 2.46. The molecule has 3 aliphatic heterocycles. The van der Waals surface area contributed by atoms with Crippen LogP contribution in [0.1, 0.15) is 25.7 Å². The highest BCUT2D eigenvalue weighted by Crippen LogP contribution is 2.47. The summed E-state index contributed by atoms with van der Waals surface area (Å²) in [6, 6.07) is 0. The van der Waals surface area contributed by atoms with Gasteiger partial charge in [-0.1, -0.05) is 0 Å². The van der Waals surface area contributed by atoms with Crippen LogP contribution < -0.4 is 5.73 Å². The fourth-order valence-corrected chi connectivity index (χ4v) is 3.57. The Morgan fingerprint density at radius 2 is 1.82 bits per heavy atom. The second-order valence-electron chi connectivity index (χ2n) is 5.31. The molecule has 1 amide bonds. The Balaban J connectivity index is 0.00000108. The Bertz CT molecular complexity index is 282. The molecule has 3 rings (SSSR count). The van der Waals surface area contributed by atoms with E-state index in [1.165, 1.54) is 12.8 Å². The van der Waals surface area contributed by atoms with Gasteiger partial charge in [0.25, 0.3) is 0 Å². The SMILES string of the molecule is Cl.NCCCC(=O)N1CC2C3CCC(O3)C2C1. The zero-order chi connectivity index (χ0) is 11.1. The summed E-state index contributed by atoms with van der Waals surface area (Å²) in [4.78, 5) is 13.9. The third-order valence-electron chi connectivity index (χ3n) is 4.40. The predicted octanol–water partition coefficient (Wildman–Crippen LogP) is 0.783. The van der Waals surface area contributed by atoms with Crippen LogP contribution in [-0.2, 0) is 9.53 Å². The normalized spacial score (nSPS) is 38.1. The van der Waals surface area contributed by atoms with Gasteiger partial charge in [-0.25, -0.2) is 0 Å². The van der Waals surface area contributed by atoms with E-state index < -0.39 is 0 Å². The molecule has 3 saturated heterocycles. The van der Waals surface area contributed by atoms with E-state index in [1.54, 1.807) is 0 Å². The Kier molecular flexibility index (Phi) is 3.95.